The van der Waals surface area contributed by atoms with Crippen LogP contribution in [0.15, 0.2) is 18.2 Å². The van der Waals surface area contributed by atoms with Crippen LogP contribution in [0.1, 0.15) is 31.2 Å². The first-order valence-corrected chi connectivity index (χ1v) is 9.00. The lowest BCUT2D eigenvalue weighted by atomic mass is 9.89. The van der Waals surface area contributed by atoms with Crippen LogP contribution in [0.3, 0.4) is 0 Å². The second-order valence-corrected chi connectivity index (χ2v) is 7.11. The Morgan fingerprint density at radius 3 is 2.55 bits per heavy atom. The molecule has 1 aromatic rings. The molecule has 0 aromatic heterocycles. The van der Waals surface area contributed by atoms with Crippen LogP contribution in [0.25, 0.3) is 0 Å². The van der Waals surface area contributed by atoms with Crippen molar-refractivity contribution in [3.63, 3.8) is 0 Å². The van der Waals surface area contributed by atoms with E-state index in [0.717, 1.165) is 44.3 Å². The fraction of sp³-hybridized carbons (Fsp3) is 0.571. The minimum absolute atomic E-state index is 0.226. The summed E-state index contributed by atoms with van der Waals surface area (Å²) in [6, 6.07) is 5.35. The van der Waals surface area contributed by atoms with Crippen LogP contribution >= 0.6 is 11.6 Å². The van der Waals surface area contributed by atoms with E-state index in [-0.39, 0.29) is 5.75 Å². The van der Waals surface area contributed by atoms with Crippen LogP contribution < -0.4 is 4.18 Å². The van der Waals surface area contributed by atoms with Gasteiger partial charge in [-0.3, -0.25) is 0 Å². The number of hydrogen-bond acceptors (Lipinski definition) is 4. The summed E-state index contributed by atoms with van der Waals surface area (Å²) in [5, 5.41) is 0.424. The third-order valence-corrected chi connectivity index (χ3v) is 4.60. The van der Waals surface area contributed by atoms with Crippen LogP contribution in [0, 0.1) is 0 Å². The molecule has 0 saturated carbocycles. The van der Waals surface area contributed by atoms with E-state index < -0.39 is 10.1 Å². The van der Waals surface area contributed by atoms with E-state index in [1.165, 1.54) is 0 Å². The van der Waals surface area contributed by atoms with E-state index in [0.29, 0.717) is 10.9 Å². The first-order chi connectivity index (χ1) is 9.40. The topological polar surface area (TPSA) is 46.6 Å². The van der Waals surface area contributed by atoms with Crippen molar-refractivity contribution in [3.05, 3.63) is 28.8 Å². The molecule has 112 valence electrons. The van der Waals surface area contributed by atoms with E-state index in [2.05, 4.69) is 11.8 Å². The van der Waals surface area contributed by atoms with Gasteiger partial charge in [-0.15, -0.1) is 0 Å². The standard InChI is InChI=1S/C14H20ClNO3S/c1-3-16-9-7-11(8-10-16)12-5-4-6-13(14(12)15)19-20(2,17)18/h4-6,11H,3,7-10H2,1-2H3. The molecule has 0 aliphatic carbocycles. The lowest BCUT2D eigenvalue weighted by Gasteiger charge is -2.31. The summed E-state index contributed by atoms with van der Waals surface area (Å²) in [4.78, 5) is 2.40. The minimum Gasteiger partial charge on any atom is -0.381 e. The summed E-state index contributed by atoms with van der Waals surface area (Å²) < 4.78 is 27.4. The second-order valence-electron chi connectivity index (χ2n) is 5.16. The van der Waals surface area contributed by atoms with Gasteiger partial charge < -0.3 is 9.08 Å². The molecule has 1 aromatic carbocycles. The minimum atomic E-state index is -3.55. The van der Waals surface area contributed by atoms with Crippen molar-refractivity contribution in [3.8, 4) is 5.75 Å². The molecular weight excluding hydrogens is 298 g/mol. The molecule has 1 heterocycles. The largest absolute Gasteiger partial charge is 0.381 e. The van der Waals surface area contributed by atoms with E-state index >= 15 is 0 Å². The van der Waals surface area contributed by atoms with Gasteiger partial charge in [-0.05, 0) is 50.0 Å². The number of rotatable bonds is 4. The fourth-order valence-electron chi connectivity index (χ4n) is 2.63. The zero-order chi connectivity index (χ0) is 14.8. The van der Waals surface area contributed by atoms with Crippen LogP contribution in [-0.4, -0.2) is 39.2 Å². The van der Waals surface area contributed by atoms with Gasteiger partial charge in [-0.1, -0.05) is 30.7 Å². The van der Waals surface area contributed by atoms with Crippen LogP contribution in [-0.2, 0) is 10.1 Å². The summed E-state index contributed by atoms with van der Waals surface area (Å²) in [6.07, 6.45) is 3.10. The Hall–Kier alpha value is -0.780. The zero-order valence-electron chi connectivity index (χ0n) is 11.8. The molecule has 1 saturated heterocycles. The van der Waals surface area contributed by atoms with Crippen molar-refractivity contribution < 1.29 is 12.6 Å². The Balaban J connectivity index is 2.19. The van der Waals surface area contributed by atoms with Gasteiger partial charge in [0.1, 0.15) is 0 Å². The van der Waals surface area contributed by atoms with Gasteiger partial charge >= 0.3 is 10.1 Å². The number of likely N-dealkylation sites (tertiary alicyclic amines) is 1. The highest BCUT2D eigenvalue weighted by atomic mass is 35.5. The SMILES string of the molecule is CCN1CCC(c2cccc(OS(C)(=O)=O)c2Cl)CC1. The molecule has 0 radical (unpaired) electrons. The van der Waals surface area contributed by atoms with E-state index in [1.54, 1.807) is 12.1 Å². The van der Waals surface area contributed by atoms with Crippen molar-refractivity contribution in [1.82, 2.24) is 4.90 Å². The molecule has 0 unspecified atom stereocenters. The number of halogens is 1. The van der Waals surface area contributed by atoms with E-state index in [1.807, 2.05) is 6.07 Å². The van der Waals surface area contributed by atoms with Crippen molar-refractivity contribution in [2.24, 2.45) is 0 Å². The maximum absolute atomic E-state index is 11.2. The van der Waals surface area contributed by atoms with E-state index in [4.69, 9.17) is 15.8 Å². The zero-order valence-corrected chi connectivity index (χ0v) is 13.4. The first-order valence-electron chi connectivity index (χ1n) is 6.81. The maximum Gasteiger partial charge on any atom is 0.306 e. The maximum atomic E-state index is 11.2. The van der Waals surface area contributed by atoms with Gasteiger partial charge in [-0.2, -0.15) is 8.42 Å². The smallest absolute Gasteiger partial charge is 0.306 e. The average Bonchev–Trinajstić information content (AvgIpc) is 2.40. The predicted molar refractivity (Wildman–Crippen MR) is 81.0 cm³/mol. The molecule has 0 atom stereocenters. The highest BCUT2D eigenvalue weighted by Crippen LogP contribution is 2.37. The molecule has 1 fully saturated rings. The van der Waals surface area contributed by atoms with Crippen LogP contribution in [0.2, 0.25) is 5.02 Å². The molecule has 6 heteroatoms. The molecule has 0 spiro atoms. The van der Waals surface area contributed by atoms with Gasteiger partial charge in [0.25, 0.3) is 0 Å². The molecule has 1 aliphatic rings. The van der Waals surface area contributed by atoms with Crippen molar-refractivity contribution >= 4 is 21.7 Å². The predicted octanol–water partition coefficient (Wildman–Crippen LogP) is 2.88. The monoisotopic (exact) mass is 317 g/mol. The van der Waals surface area contributed by atoms with Gasteiger partial charge in [0.05, 0.1) is 11.3 Å². The Morgan fingerprint density at radius 1 is 1.35 bits per heavy atom. The summed E-state index contributed by atoms with van der Waals surface area (Å²) in [6.45, 7) is 5.33. The summed E-state index contributed by atoms with van der Waals surface area (Å²) in [5.74, 6) is 0.595. The second kappa shape index (κ2) is 6.33. The van der Waals surface area contributed by atoms with Crippen molar-refractivity contribution in [2.45, 2.75) is 25.7 Å². The summed E-state index contributed by atoms with van der Waals surface area (Å²) in [7, 11) is -3.55. The highest BCUT2D eigenvalue weighted by Gasteiger charge is 2.23. The fourth-order valence-corrected chi connectivity index (χ4v) is 3.46. The molecule has 1 aliphatic heterocycles. The number of hydrogen-bond donors (Lipinski definition) is 0. The summed E-state index contributed by atoms with van der Waals surface area (Å²) >= 11 is 6.32. The van der Waals surface area contributed by atoms with Crippen molar-refractivity contribution in [2.75, 3.05) is 25.9 Å². The lowest BCUT2D eigenvalue weighted by molar-refractivity contribution is 0.222. The first kappa shape index (κ1) is 15.6. The third-order valence-electron chi connectivity index (χ3n) is 3.71. The highest BCUT2D eigenvalue weighted by molar-refractivity contribution is 7.86. The third kappa shape index (κ3) is 3.87. The number of nitrogens with zero attached hydrogens (tertiary/aromatic N) is 1. The molecule has 20 heavy (non-hydrogen) atoms. The molecule has 0 bridgehead atoms. The Morgan fingerprint density at radius 2 is 2.00 bits per heavy atom. The average molecular weight is 318 g/mol. The lowest BCUT2D eigenvalue weighted by Crippen LogP contribution is -2.32. The van der Waals surface area contributed by atoms with Gasteiger partial charge in [0.2, 0.25) is 0 Å². The quantitative estimate of drug-likeness (QED) is 0.801. The number of piperidine rings is 1. The molecule has 2 rings (SSSR count). The van der Waals surface area contributed by atoms with Crippen molar-refractivity contribution in [1.29, 1.82) is 0 Å². The van der Waals surface area contributed by atoms with Gasteiger partial charge in [-0.25, -0.2) is 0 Å². The van der Waals surface area contributed by atoms with E-state index in [9.17, 15) is 8.42 Å². The molecule has 0 amide bonds. The normalized spacial score (nSPS) is 18.1. The Bertz CT molecular complexity index is 566. The van der Waals surface area contributed by atoms with Crippen LogP contribution in [0.4, 0.5) is 0 Å². The Labute approximate surface area is 125 Å². The summed E-state index contributed by atoms with van der Waals surface area (Å²) in [5.41, 5.74) is 0.989. The van der Waals surface area contributed by atoms with Gasteiger partial charge in [0, 0.05) is 0 Å². The van der Waals surface area contributed by atoms with Crippen LogP contribution in [0.5, 0.6) is 5.75 Å². The molecule has 4 nitrogen and oxygen atoms in total. The number of benzene rings is 1. The van der Waals surface area contributed by atoms with Gasteiger partial charge in [0.15, 0.2) is 5.75 Å². The molecule has 0 N–H and O–H groups in total. The molecular formula is C14H20ClNO3S. The Kier molecular flexibility index (Phi) is 4.94.